The highest BCUT2D eigenvalue weighted by molar-refractivity contribution is 7.16. The second-order valence-electron chi connectivity index (χ2n) is 5.21. The van der Waals surface area contributed by atoms with Gasteiger partial charge in [-0.1, -0.05) is 6.07 Å². The molecular formula is C16H12N4O2S. The Bertz CT molecular complexity index is 1110. The number of carbonyl (C=O) groups excluding carboxylic acids is 1. The number of amides is 1. The maximum atomic E-state index is 12.4. The number of anilines is 1. The SMILES string of the molecule is Cc1cn2c(=O)c(C(=O)Nc3ccc4cc[nH]c4c3)cnc2s1. The zero-order valence-electron chi connectivity index (χ0n) is 12.2. The molecule has 0 saturated heterocycles. The molecule has 0 saturated carbocycles. The van der Waals surface area contributed by atoms with Crippen LogP contribution in [0.1, 0.15) is 15.2 Å². The van der Waals surface area contributed by atoms with Crippen molar-refractivity contribution in [3.05, 3.63) is 63.7 Å². The molecule has 0 atom stereocenters. The van der Waals surface area contributed by atoms with Gasteiger partial charge < -0.3 is 10.3 Å². The molecule has 0 bridgehead atoms. The standard InChI is InChI=1S/C16H12N4O2S/c1-9-8-20-15(22)12(7-18-16(20)23-9)14(21)19-11-3-2-10-4-5-17-13(10)6-11/h2-8,17H,1H3,(H,19,21). The van der Waals surface area contributed by atoms with Crippen molar-refractivity contribution in [1.29, 1.82) is 0 Å². The summed E-state index contributed by atoms with van der Waals surface area (Å²) < 4.78 is 1.41. The highest BCUT2D eigenvalue weighted by Gasteiger charge is 2.15. The van der Waals surface area contributed by atoms with Crippen molar-refractivity contribution in [1.82, 2.24) is 14.4 Å². The summed E-state index contributed by atoms with van der Waals surface area (Å²) in [6.45, 7) is 1.89. The van der Waals surface area contributed by atoms with E-state index in [2.05, 4.69) is 15.3 Å². The lowest BCUT2D eigenvalue weighted by Gasteiger charge is -2.05. The number of aryl methyl sites for hydroxylation is 1. The molecule has 0 unspecified atom stereocenters. The van der Waals surface area contributed by atoms with E-state index in [-0.39, 0.29) is 11.1 Å². The molecule has 3 aromatic heterocycles. The van der Waals surface area contributed by atoms with Crippen molar-refractivity contribution in [2.75, 3.05) is 5.32 Å². The summed E-state index contributed by atoms with van der Waals surface area (Å²) in [5.41, 5.74) is 1.20. The predicted molar refractivity (Wildman–Crippen MR) is 90.3 cm³/mol. The normalized spacial score (nSPS) is 11.2. The van der Waals surface area contributed by atoms with Gasteiger partial charge in [0.25, 0.3) is 11.5 Å². The van der Waals surface area contributed by atoms with Crippen LogP contribution >= 0.6 is 11.3 Å². The number of benzene rings is 1. The topological polar surface area (TPSA) is 79.3 Å². The van der Waals surface area contributed by atoms with Gasteiger partial charge in [0.2, 0.25) is 0 Å². The number of thiazole rings is 1. The molecule has 7 heteroatoms. The molecule has 0 aliphatic rings. The molecule has 0 spiro atoms. The van der Waals surface area contributed by atoms with E-state index in [0.717, 1.165) is 15.8 Å². The average Bonchev–Trinajstić information content (AvgIpc) is 3.13. The third kappa shape index (κ3) is 2.31. The van der Waals surface area contributed by atoms with Gasteiger partial charge in [0.1, 0.15) is 5.56 Å². The lowest BCUT2D eigenvalue weighted by Crippen LogP contribution is -2.25. The molecule has 6 nitrogen and oxygen atoms in total. The molecule has 1 amide bonds. The highest BCUT2D eigenvalue weighted by atomic mass is 32.1. The quantitative estimate of drug-likeness (QED) is 0.595. The van der Waals surface area contributed by atoms with Gasteiger partial charge in [-0.25, -0.2) is 4.98 Å². The van der Waals surface area contributed by atoms with Gasteiger partial charge in [0.15, 0.2) is 4.96 Å². The Balaban J connectivity index is 1.71. The average molecular weight is 324 g/mol. The van der Waals surface area contributed by atoms with E-state index < -0.39 is 5.91 Å². The number of H-pyrrole nitrogens is 1. The highest BCUT2D eigenvalue weighted by Crippen LogP contribution is 2.18. The molecule has 0 aliphatic carbocycles. The third-order valence-electron chi connectivity index (χ3n) is 3.58. The van der Waals surface area contributed by atoms with E-state index in [0.29, 0.717) is 10.6 Å². The maximum Gasteiger partial charge on any atom is 0.271 e. The second kappa shape index (κ2) is 5.06. The molecule has 114 valence electrons. The monoisotopic (exact) mass is 324 g/mol. The van der Waals surface area contributed by atoms with Gasteiger partial charge in [-0.05, 0) is 30.5 Å². The summed E-state index contributed by atoms with van der Waals surface area (Å²) in [6.07, 6.45) is 4.85. The Morgan fingerprint density at radius 3 is 3.09 bits per heavy atom. The number of hydrogen-bond acceptors (Lipinski definition) is 4. The molecule has 0 aliphatic heterocycles. The Morgan fingerprint density at radius 1 is 1.35 bits per heavy atom. The van der Waals surface area contributed by atoms with Crippen LogP contribution in [0.4, 0.5) is 5.69 Å². The van der Waals surface area contributed by atoms with Crippen LogP contribution in [0, 0.1) is 6.92 Å². The molecule has 1 aromatic carbocycles. The maximum absolute atomic E-state index is 12.4. The number of nitrogens with zero attached hydrogens (tertiary/aromatic N) is 2. The number of aromatic nitrogens is 3. The summed E-state index contributed by atoms with van der Waals surface area (Å²) >= 11 is 1.41. The van der Waals surface area contributed by atoms with Crippen molar-refractivity contribution in [2.45, 2.75) is 6.92 Å². The third-order valence-corrected chi connectivity index (χ3v) is 4.49. The Labute approximate surface area is 134 Å². The minimum absolute atomic E-state index is 0.0203. The number of nitrogens with one attached hydrogen (secondary N) is 2. The van der Waals surface area contributed by atoms with Crippen LogP contribution in [0.5, 0.6) is 0 Å². The lowest BCUT2D eigenvalue weighted by atomic mass is 10.2. The van der Waals surface area contributed by atoms with E-state index in [1.807, 2.05) is 31.3 Å². The minimum Gasteiger partial charge on any atom is -0.361 e. The van der Waals surface area contributed by atoms with Gasteiger partial charge in [0.05, 0.1) is 0 Å². The fourth-order valence-electron chi connectivity index (χ4n) is 2.48. The van der Waals surface area contributed by atoms with Crippen molar-refractivity contribution >= 4 is 38.8 Å². The van der Waals surface area contributed by atoms with Crippen LogP contribution in [-0.4, -0.2) is 20.3 Å². The van der Waals surface area contributed by atoms with Crippen LogP contribution in [-0.2, 0) is 0 Å². The van der Waals surface area contributed by atoms with Gasteiger partial charge in [-0.2, -0.15) is 0 Å². The Morgan fingerprint density at radius 2 is 2.22 bits per heavy atom. The first-order valence-corrected chi connectivity index (χ1v) is 7.80. The Hall–Kier alpha value is -2.93. The van der Waals surface area contributed by atoms with E-state index in [1.165, 1.54) is 21.9 Å². The van der Waals surface area contributed by atoms with Crippen molar-refractivity contribution in [3.8, 4) is 0 Å². The molecule has 23 heavy (non-hydrogen) atoms. The minimum atomic E-state index is -0.466. The van der Waals surface area contributed by atoms with Crippen molar-refractivity contribution in [2.24, 2.45) is 0 Å². The smallest absolute Gasteiger partial charge is 0.271 e. The summed E-state index contributed by atoms with van der Waals surface area (Å²) in [6, 6.07) is 7.47. The lowest BCUT2D eigenvalue weighted by molar-refractivity contribution is 0.102. The van der Waals surface area contributed by atoms with Crippen LogP contribution in [0.15, 0.2) is 47.7 Å². The molecule has 2 N–H and O–H groups in total. The fraction of sp³-hybridized carbons (Fsp3) is 0.0625. The van der Waals surface area contributed by atoms with Gasteiger partial charge in [-0.15, -0.1) is 11.3 Å². The summed E-state index contributed by atoms with van der Waals surface area (Å²) in [5.74, 6) is -0.466. The van der Waals surface area contributed by atoms with E-state index in [9.17, 15) is 9.59 Å². The van der Waals surface area contributed by atoms with E-state index in [1.54, 1.807) is 12.3 Å². The summed E-state index contributed by atoms with van der Waals surface area (Å²) in [4.78, 5) is 33.6. The van der Waals surface area contributed by atoms with Gasteiger partial charge in [-0.3, -0.25) is 14.0 Å². The number of aromatic amines is 1. The van der Waals surface area contributed by atoms with Gasteiger partial charge >= 0.3 is 0 Å². The van der Waals surface area contributed by atoms with Crippen LogP contribution in [0.2, 0.25) is 0 Å². The first-order valence-electron chi connectivity index (χ1n) is 6.98. The van der Waals surface area contributed by atoms with Crippen molar-refractivity contribution < 1.29 is 4.79 Å². The molecule has 0 radical (unpaired) electrons. The van der Waals surface area contributed by atoms with E-state index >= 15 is 0 Å². The zero-order valence-corrected chi connectivity index (χ0v) is 13.0. The van der Waals surface area contributed by atoms with Crippen LogP contribution in [0.3, 0.4) is 0 Å². The molecule has 0 fully saturated rings. The van der Waals surface area contributed by atoms with Crippen LogP contribution < -0.4 is 10.9 Å². The number of carbonyl (C=O) groups is 1. The molecule has 4 aromatic rings. The second-order valence-corrected chi connectivity index (χ2v) is 6.42. The number of fused-ring (bicyclic) bond motifs is 2. The largest absolute Gasteiger partial charge is 0.361 e. The van der Waals surface area contributed by atoms with Crippen LogP contribution in [0.25, 0.3) is 15.9 Å². The number of rotatable bonds is 2. The first-order chi connectivity index (χ1) is 11.1. The fourth-order valence-corrected chi connectivity index (χ4v) is 3.26. The molecular weight excluding hydrogens is 312 g/mol. The first kappa shape index (κ1) is 13.7. The zero-order chi connectivity index (χ0) is 16.0. The summed E-state index contributed by atoms with van der Waals surface area (Å²) in [7, 11) is 0. The van der Waals surface area contributed by atoms with E-state index in [4.69, 9.17) is 0 Å². The van der Waals surface area contributed by atoms with Gasteiger partial charge in [0, 0.05) is 34.7 Å². The Kier molecular flexibility index (Phi) is 3.02. The predicted octanol–water partition coefficient (Wildman–Crippen LogP) is 2.80. The molecule has 3 heterocycles. The molecule has 4 rings (SSSR count). The summed E-state index contributed by atoms with van der Waals surface area (Å²) in [5, 5.41) is 3.80. The number of hydrogen-bond donors (Lipinski definition) is 2. The van der Waals surface area contributed by atoms with Crippen molar-refractivity contribution in [3.63, 3.8) is 0 Å².